The van der Waals surface area contributed by atoms with E-state index < -0.39 is 64.6 Å². The second-order valence-electron chi connectivity index (χ2n) is 13.8. The number of thiophene rings is 1. The maximum absolute atomic E-state index is 14.8. The number of aliphatic carboxylic acids is 1. The molecule has 4 aliphatic rings. The molecule has 0 bridgehead atoms. The lowest BCUT2D eigenvalue weighted by atomic mass is 9.52. The molecule has 4 aromatic rings. The molecule has 12 nitrogen and oxygen atoms in total. The van der Waals surface area contributed by atoms with Crippen molar-refractivity contribution in [3.05, 3.63) is 70.2 Å². The molecule has 8 rings (SSSR count). The Labute approximate surface area is 294 Å². The summed E-state index contributed by atoms with van der Waals surface area (Å²) < 4.78 is 8.63. The third-order valence-electron chi connectivity index (χ3n) is 11.3. The summed E-state index contributed by atoms with van der Waals surface area (Å²) in [5.74, 6) is -5.63. The van der Waals surface area contributed by atoms with Crippen molar-refractivity contribution in [1.29, 1.82) is 0 Å². The second-order valence-corrected chi connectivity index (χ2v) is 15.3. The number of anilines is 1. The molecule has 2 saturated heterocycles. The zero-order chi connectivity index (χ0) is 35.4. The molecule has 3 fully saturated rings. The first-order valence-electron chi connectivity index (χ1n) is 16.4. The number of fused-ring (bicyclic) bond motifs is 5. The number of aliphatic hydroxyl groups is 1. The van der Waals surface area contributed by atoms with Crippen LogP contribution in [0.5, 0.6) is 0 Å². The van der Waals surface area contributed by atoms with Crippen molar-refractivity contribution in [3.8, 4) is 10.6 Å². The summed E-state index contributed by atoms with van der Waals surface area (Å²) in [5.41, 5.74) is 0.982. The van der Waals surface area contributed by atoms with Crippen molar-refractivity contribution in [1.82, 2.24) is 14.7 Å². The number of halogens is 1. The Morgan fingerprint density at radius 2 is 1.88 bits per heavy atom. The summed E-state index contributed by atoms with van der Waals surface area (Å²) in [4.78, 5) is 71.2. The van der Waals surface area contributed by atoms with Gasteiger partial charge in [0.05, 0.1) is 40.4 Å². The average molecular weight is 717 g/mol. The molecule has 2 aliphatic carbocycles. The molecule has 1 aromatic carbocycles. The summed E-state index contributed by atoms with van der Waals surface area (Å²) in [6, 6.07) is 10.7. The molecule has 14 heteroatoms. The summed E-state index contributed by atoms with van der Waals surface area (Å²) in [7, 11) is 1.68. The SMILES string of the molecule is Cc1c(-c2cc(N3C(=O)C4CC5C(=CCC6C(=O)N(CCC(=O)O)C(=O)C65)C(c5ccc(CO)o5)C4(C)C3=O)n(C)n2)sc2ccc(Cl)cc12. The number of amides is 4. The molecule has 2 N–H and O–H groups in total. The summed E-state index contributed by atoms with van der Waals surface area (Å²) in [5, 5.41) is 25.4. The topological polar surface area (TPSA) is 163 Å². The van der Waals surface area contributed by atoms with E-state index in [1.165, 1.54) is 9.58 Å². The van der Waals surface area contributed by atoms with Crippen molar-refractivity contribution >= 4 is 68.4 Å². The Hall–Kier alpha value is -4.59. The Morgan fingerprint density at radius 1 is 1.10 bits per heavy atom. The normalized spacial score (nSPS) is 27.6. The van der Waals surface area contributed by atoms with Crippen LogP contribution in [-0.4, -0.2) is 61.0 Å². The van der Waals surface area contributed by atoms with E-state index in [-0.39, 0.29) is 38.2 Å². The number of rotatable bonds is 7. The van der Waals surface area contributed by atoms with Crippen molar-refractivity contribution in [3.63, 3.8) is 0 Å². The number of hydrogen-bond donors (Lipinski definition) is 2. The molecule has 258 valence electrons. The predicted molar refractivity (Wildman–Crippen MR) is 182 cm³/mol. The number of carboxylic acid groups (broad SMARTS) is 1. The number of likely N-dealkylation sites (tertiary alicyclic amines) is 1. The van der Waals surface area contributed by atoms with Crippen LogP contribution in [-0.2, 0) is 37.6 Å². The van der Waals surface area contributed by atoms with Crippen LogP contribution in [0.3, 0.4) is 0 Å². The minimum Gasteiger partial charge on any atom is -0.481 e. The number of carbonyl (C=O) groups is 5. The first kappa shape index (κ1) is 32.6. The molecule has 0 spiro atoms. The van der Waals surface area contributed by atoms with E-state index in [0.717, 1.165) is 31.0 Å². The van der Waals surface area contributed by atoms with Gasteiger partial charge in [0, 0.05) is 29.4 Å². The largest absolute Gasteiger partial charge is 0.481 e. The Balaban J connectivity index is 1.21. The van der Waals surface area contributed by atoms with E-state index in [9.17, 15) is 34.2 Å². The number of furan rings is 1. The fourth-order valence-electron chi connectivity index (χ4n) is 8.88. The van der Waals surface area contributed by atoms with E-state index in [4.69, 9.17) is 21.1 Å². The predicted octanol–water partition coefficient (Wildman–Crippen LogP) is 5.05. The third-order valence-corrected chi connectivity index (χ3v) is 12.8. The quantitative estimate of drug-likeness (QED) is 0.197. The molecule has 0 radical (unpaired) electrons. The summed E-state index contributed by atoms with van der Waals surface area (Å²) >= 11 is 7.82. The Morgan fingerprint density at radius 3 is 2.60 bits per heavy atom. The first-order valence-corrected chi connectivity index (χ1v) is 17.6. The molecule has 6 unspecified atom stereocenters. The molecule has 3 aromatic heterocycles. The van der Waals surface area contributed by atoms with Crippen LogP contribution in [0.25, 0.3) is 20.7 Å². The van der Waals surface area contributed by atoms with E-state index in [1.54, 1.807) is 43.5 Å². The van der Waals surface area contributed by atoms with Gasteiger partial charge in [-0.1, -0.05) is 23.3 Å². The molecule has 4 amide bonds. The zero-order valence-electron chi connectivity index (χ0n) is 27.4. The highest BCUT2D eigenvalue weighted by Crippen LogP contribution is 2.63. The van der Waals surface area contributed by atoms with E-state index in [2.05, 4.69) is 0 Å². The maximum atomic E-state index is 14.8. The van der Waals surface area contributed by atoms with Crippen molar-refractivity contribution in [2.45, 2.75) is 45.6 Å². The van der Waals surface area contributed by atoms with Crippen LogP contribution < -0.4 is 4.90 Å². The Bertz CT molecular complexity index is 2200. The van der Waals surface area contributed by atoms with Gasteiger partial charge < -0.3 is 14.6 Å². The van der Waals surface area contributed by atoms with E-state index in [1.807, 2.05) is 31.2 Å². The third kappa shape index (κ3) is 4.52. The lowest BCUT2D eigenvalue weighted by molar-refractivity contribution is -0.142. The van der Waals surface area contributed by atoms with Gasteiger partial charge in [-0.15, -0.1) is 11.3 Å². The lowest BCUT2D eigenvalue weighted by Crippen LogP contribution is -2.48. The Kier molecular flexibility index (Phi) is 7.48. The van der Waals surface area contributed by atoms with Crippen LogP contribution in [0.15, 0.2) is 52.5 Å². The number of aromatic nitrogens is 2. The fourth-order valence-corrected chi connectivity index (χ4v) is 10.2. The smallest absolute Gasteiger partial charge is 0.305 e. The number of aliphatic hydroxyl groups excluding tert-OH is 1. The van der Waals surface area contributed by atoms with E-state index >= 15 is 0 Å². The van der Waals surface area contributed by atoms with Crippen LogP contribution in [0.2, 0.25) is 5.02 Å². The zero-order valence-corrected chi connectivity index (χ0v) is 29.0. The fraction of sp³-hybridized carbons (Fsp3) is 0.389. The number of aryl methyl sites for hydroxylation is 2. The van der Waals surface area contributed by atoms with Crippen LogP contribution in [0.1, 0.15) is 49.2 Å². The van der Waals surface area contributed by atoms with Gasteiger partial charge >= 0.3 is 5.97 Å². The number of allylic oxidation sites excluding steroid dienone is 2. The molecule has 6 atom stereocenters. The monoisotopic (exact) mass is 716 g/mol. The highest BCUT2D eigenvalue weighted by molar-refractivity contribution is 7.22. The van der Waals surface area contributed by atoms with Gasteiger partial charge in [0.2, 0.25) is 23.6 Å². The average Bonchev–Trinajstić information content (AvgIpc) is 3.87. The highest BCUT2D eigenvalue weighted by Gasteiger charge is 2.68. The van der Waals surface area contributed by atoms with Crippen LogP contribution in [0, 0.1) is 36.0 Å². The standard InChI is InChI=1S/C36H33ClN4O8S/c1-16-21-12-17(37)4-9-26(21)50-31(16)24-14-27(39(3)38-24)41-33(46)23-13-22-19(30(36(23,2)35(41)48)25-8-5-18(15-42)49-25)6-7-20-29(22)34(47)40(32(20)45)11-10-28(43)44/h4-6,8-9,12,14,20,22-23,29-30,42H,7,10-11,13,15H2,1-3H3,(H,43,44). The molecule has 50 heavy (non-hydrogen) atoms. The van der Waals surface area contributed by atoms with Gasteiger partial charge in [0.1, 0.15) is 29.6 Å². The number of imide groups is 2. The number of carbonyl (C=O) groups excluding carboxylic acids is 4. The number of nitrogens with zero attached hydrogens (tertiary/aromatic N) is 4. The van der Waals surface area contributed by atoms with Gasteiger partial charge in [-0.25, -0.2) is 4.90 Å². The highest BCUT2D eigenvalue weighted by atomic mass is 35.5. The number of hydrogen-bond acceptors (Lipinski definition) is 9. The van der Waals surface area contributed by atoms with Gasteiger partial charge in [-0.2, -0.15) is 5.10 Å². The number of benzene rings is 1. The minimum absolute atomic E-state index is 0.140. The molecule has 2 aliphatic heterocycles. The second kappa shape index (κ2) is 11.5. The minimum atomic E-state index is -1.33. The molecular formula is C36H33ClN4O8S. The van der Waals surface area contributed by atoms with Crippen molar-refractivity contribution in [2.75, 3.05) is 11.4 Å². The first-order chi connectivity index (χ1) is 23.8. The lowest BCUT2D eigenvalue weighted by Gasteiger charge is -2.48. The van der Waals surface area contributed by atoms with E-state index in [0.29, 0.717) is 22.3 Å². The summed E-state index contributed by atoms with van der Waals surface area (Å²) in [6.45, 7) is 3.14. The molecule has 5 heterocycles. The van der Waals surface area contributed by atoms with Crippen LogP contribution in [0.4, 0.5) is 5.82 Å². The van der Waals surface area contributed by atoms with Gasteiger partial charge in [-0.3, -0.25) is 33.6 Å². The van der Waals surface area contributed by atoms with Crippen molar-refractivity contribution in [2.24, 2.45) is 36.1 Å². The van der Waals surface area contributed by atoms with Gasteiger partial charge in [0.15, 0.2) is 0 Å². The maximum Gasteiger partial charge on any atom is 0.305 e. The molecule has 1 saturated carbocycles. The number of carboxylic acids is 1. The van der Waals surface area contributed by atoms with Gasteiger partial charge in [-0.05, 0) is 73.9 Å². The van der Waals surface area contributed by atoms with Crippen molar-refractivity contribution < 1.29 is 38.6 Å². The van der Waals surface area contributed by atoms with Crippen LogP contribution >= 0.6 is 22.9 Å². The van der Waals surface area contributed by atoms with Gasteiger partial charge in [0.25, 0.3) is 0 Å². The molecular weight excluding hydrogens is 684 g/mol. The summed E-state index contributed by atoms with van der Waals surface area (Å²) in [6.07, 6.45) is 1.89.